The van der Waals surface area contributed by atoms with Crippen molar-refractivity contribution in [2.75, 3.05) is 19.6 Å². The molecule has 1 aliphatic rings. The number of halogens is 1. The van der Waals surface area contributed by atoms with Crippen molar-refractivity contribution < 1.29 is 9.59 Å². The van der Waals surface area contributed by atoms with Crippen LogP contribution in [-0.2, 0) is 16.6 Å². The molecule has 1 fully saturated rings. The van der Waals surface area contributed by atoms with Gasteiger partial charge in [0.05, 0.1) is 13.1 Å². The van der Waals surface area contributed by atoms with E-state index in [9.17, 15) is 9.59 Å². The number of aryl methyl sites for hydroxylation is 1. The van der Waals surface area contributed by atoms with Gasteiger partial charge in [-0.2, -0.15) is 4.80 Å². The standard InChI is InChI=1S/C17H19ClN6O2/c1-4-16(26)23-5-6-24(11(2)25)15(10-23)12-7-13(9-14(18)8-12)17-19-21-22(3)20-17/h4,7-9,15H,1,5-6,10H2,2-3H3/t15-/m0/s1. The second-order valence-corrected chi connectivity index (χ2v) is 6.53. The summed E-state index contributed by atoms with van der Waals surface area (Å²) >= 11 is 6.30. The SMILES string of the molecule is C=CC(=O)N1CCN(C(C)=O)[C@H](c2cc(Cl)cc(-c3nnn(C)n3)c2)C1. The lowest BCUT2D eigenvalue weighted by Crippen LogP contribution is -2.51. The fourth-order valence-corrected chi connectivity index (χ4v) is 3.35. The Hall–Kier alpha value is -2.74. The Morgan fingerprint density at radius 1 is 1.31 bits per heavy atom. The summed E-state index contributed by atoms with van der Waals surface area (Å²) in [6.07, 6.45) is 1.29. The van der Waals surface area contributed by atoms with Crippen LogP contribution in [0.3, 0.4) is 0 Å². The molecule has 0 bridgehead atoms. The van der Waals surface area contributed by atoms with Gasteiger partial charge in [-0.15, -0.1) is 10.2 Å². The molecule has 9 heteroatoms. The lowest BCUT2D eigenvalue weighted by molar-refractivity contribution is -0.139. The number of tetrazole rings is 1. The molecule has 26 heavy (non-hydrogen) atoms. The summed E-state index contributed by atoms with van der Waals surface area (Å²) in [6.45, 7) is 6.36. The number of piperazine rings is 1. The van der Waals surface area contributed by atoms with Gasteiger partial charge in [0.25, 0.3) is 0 Å². The summed E-state index contributed by atoms with van der Waals surface area (Å²) in [5.74, 6) is 0.233. The predicted octanol–water partition coefficient (Wildman–Crippen LogP) is 1.45. The summed E-state index contributed by atoms with van der Waals surface area (Å²) in [4.78, 5) is 28.9. The highest BCUT2D eigenvalue weighted by Gasteiger charge is 2.32. The second-order valence-electron chi connectivity index (χ2n) is 6.09. The van der Waals surface area contributed by atoms with Crippen molar-refractivity contribution in [3.63, 3.8) is 0 Å². The van der Waals surface area contributed by atoms with E-state index >= 15 is 0 Å². The van der Waals surface area contributed by atoms with E-state index in [0.29, 0.717) is 36.0 Å². The highest BCUT2D eigenvalue weighted by atomic mass is 35.5. The Balaban J connectivity index is 2.00. The monoisotopic (exact) mass is 374 g/mol. The van der Waals surface area contributed by atoms with Crippen LogP contribution in [0.1, 0.15) is 18.5 Å². The van der Waals surface area contributed by atoms with Gasteiger partial charge < -0.3 is 9.80 Å². The lowest BCUT2D eigenvalue weighted by Gasteiger charge is -2.41. The van der Waals surface area contributed by atoms with Crippen molar-refractivity contribution >= 4 is 23.4 Å². The molecule has 1 aromatic heterocycles. The third-order valence-corrected chi connectivity index (χ3v) is 4.56. The number of carbonyl (C=O) groups is 2. The van der Waals surface area contributed by atoms with Crippen molar-refractivity contribution in [1.82, 2.24) is 30.0 Å². The highest BCUT2D eigenvalue weighted by Crippen LogP contribution is 2.31. The number of rotatable bonds is 3. The molecule has 2 aromatic rings. The second kappa shape index (κ2) is 7.25. The Bertz CT molecular complexity index is 865. The number of hydrogen-bond acceptors (Lipinski definition) is 5. The number of aromatic nitrogens is 4. The van der Waals surface area contributed by atoms with E-state index < -0.39 is 0 Å². The maximum atomic E-state index is 12.1. The molecule has 2 heterocycles. The smallest absolute Gasteiger partial charge is 0.246 e. The zero-order valence-corrected chi connectivity index (χ0v) is 15.3. The van der Waals surface area contributed by atoms with E-state index in [1.807, 2.05) is 6.07 Å². The van der Waals surface area contributed by atoms with E-state index in [0.717, 1.165) is 5.56 Å². The van der Waals surface area contributed by atoms with E-state index in [1.165, 1.54) is 17.8 Å². The third kappa shape index (κ3) is 3.60. The number of carbonyl (C=O) groups excluding carboxylic acids is 2. The number of hydrogen-bond donors (Lipinski definition) is 0. The summed E-state index contributed by atoms with van der Waals surface area (Å²) in [7, 11) is 1.68. The molecule has 1 saturated heterocycles. The molecule has 0 aliphatic carbocycles. The molecule has 136 valence electrons. The fourth-order valence-electron chi connectivity index (χ4n) is 3.11. The first-order chi connectivity index (χ1) is 12.4. The van der Waals surface area contributed by atoms with E-state index in [-0.39, 0.29) is 17.9 Å². The van der Waals surface area contributed by atoms with Crippen LogP contribution < -0.4 is 0 Å². The summed E-state index contributed by atoms with van der Waals surface area (Å²) in [5, 5.41) is 12.5. The molecule has 0 saturated carbocycles. The molecule has 1 atom stereocenters. The largest absolute Gasteiger partial charge is 0.335 e. The topological polar surface area (TPSA) is 84.2 Å². The average Bonchev–Trinajstić information content (AvgIpc) is 3.06. The molecular weight excluding hydrogens is 356 g/mol. The van der Waals surface area contributed by atoms with Crippen LogP contribution >= 0.6 is 11.6 Å². The minimum atomic E-state index is -0.306. The Kier molecular flexibility index (Phi) is 5.03. The summed E-state index contributed by atoms with van der Waals surface area (Å²) in [5.41, 5.74) is 1.52. The first-order valence-electron chi connectivity index (χ1n) is 8.12. The van der Waals surface area contributed by atoms with Crippen LogP contribution in [0.15, 0.2) is 30.9 Å². The van der Waals surface area contributed by atoms with Crippen LogP contribution in [0.5, 0.6) is 0 Å². The van der Waals surface area contributed by atoms with Crippen molar-refractivity contribution in [2.24, 2.45) is 7.05 Å². The molecule has 3 rings (SSSR count). The molecule has 0 radical (unpaired) electrons. The van der Waals surface area contributed by atoms with Gasteiger partial charge in [-0.1, -0.05) is 18.2 Å². The lowest BCUT2D eigenvalue weighted by atomic mass is 9.99. The van der Waals surface area contributed by atoms with E-state index in [2.05, 4.69) is 22.0 Å². The van der Waals surface area contributed by atoms with E-state index in [1.54, 1.807) is 29.0 Å². The normalized spacial score (nSPS) is 17.3. The zero-order chi connectivity index (χ0) is 18.8. The molecule has 0 unspecified atom stereocenters. The van der Waals surface area contributed by atoms with Crippen LogP contribution in [0.4, 0.5) is 0 Å². The van der Waals surface area contributed by atoms with Gasteiger partial charge in [0.15, 0.2) is 0 Å². The van der Waals surface area contributed by atoms with Crippen molar-refractivity contribution in [1.29, 1.82) is 0 Å². The van der Waals surface area contributed by atoms with Gasteiger partial charge >= 0.3 is 0 Å². The van der Waals surface area contributed by atoms with Gasteiger partial charge in [-0.3, -0.25) is 9.59 Å². The van der Waals surface area contributed by atoms with Gasteiger partial charge in [-0.25, -0.2) is 0 Å². The van der Waals surface area contributed by atoms with Gasteiger partial charge in [0.1, 0.15) is 0 Å². The first kappa shape index (κ1) is 18.1. The van der Waals surface area contributed by atoms with Crippen molar-refractivity contribution in [2.45, 2.75) is 13.0 Å². The maximum Gasteiger partial charge on any atom is 0.246 e. The molecule has 1 aromatic carbocycles. The first-order valence-corrected chi connectivity index (χ1v) is 8.50. The Labute approximate surface area is 156 Å². The maximum absolute atomic E-state index is 12.1. The van der Waals surface area contributed by atoms with Crippen LogP contribution in [0.25, 0.3) is 11.4 Å². The van der Waals surface area contributed by atoms with Gasteiger partial charge in [-0.05, 0) is 35.1 Å². The third-order valence-electron chi connectivity index (χ3n) is 4.34. The zero-order valence-electron chi connectivity index (χ0n) is 14.6. The van der Waals surface area contributed by atoms with Gasteiger partial charge in [0, 0.05) is 37.1 Å². The quantitative estimate of drug-likeness (QED) is 0.759. The van der Waals surface area contributed by atoms with E-state index in [4.69, 9.17) is 11.6 Å². The average molecular weight is 375 g/mol. The van der Waals surface area contributed by atoms with Crippen LogP contribution in [0, 0.1) is 0 Å². The van der Waals surface area contributed by atoms with Crippen LogP contribution in [-0.4, -0.2) is 61.5 Å². The minimum absolute atomic E-state index is 0.0557. The molecular formula is C17H19ClN6O2. The minimum Gasteiger partial charge on any atom is -0.335 e. The molecule has 0 N–H and O–H groups in total. The Morgan fingerprint density at radius 2 is 2.08 bits per heavy atom. The molecule has 0 spiro atoms. The number of benzene rings is 1. The van der Waals surface area contributed by atoms with Gasteiger partial charge in [0.2, 0.25) is 17.6 Å². The number of nitrogens with zero attached hydrogens (tertiary/aromatic N) is 6. The fraction of sp³-hybridized carbons (Fsp3) is 0.353. The summed E-state index contributed by atoms with van der Waals surface area (Å²) in [6, 6.07) is 5.12. The molecule has 8 nitrogen and oxygen atoms in total. The van der Waals surface area contributed by atoms with Crippen molar-refractivity contribution in [3.05, 3.63) is 41.4 Å². The summed E-state index contributed by atoms with van der Waals surface area (Å²) < 4.78 is 0. The predicted molar refractivity (Wildman–Crippen MR) is 96.1 cm³/mol. The molecule has 2 amide bonds. The Morgan fingerprint density at radius 3 is 2.69 bits per heavy atom. The highest BCUT2D eigenvalue weighted by molar-refractivity contribution is 6.30. The molecule has 1 aliphatic heterocycles. The van der Waals surface area contributed by atoms with Crippen LogP contribution in [0.2, 0.25) is 5.02 Å². The van der Waals surface area contributed by atoms with Crippen molar-refractivity contribution in [3.8, 4) is 11.4 Å². The number of amides is 2.